The van der Waals surface area contributed by atoms with E-state index in [1.807, 2.05) is 0 Å². The Hall–Kier alpha value is -13.0. The van der Waals surface area contributed by atoms with Gasteiger partial charge in [-0.05, 0) is 84.9 Å². The monoisotopic (exact) mass is 1240 g/mol. The molecule has 7 aromatic carbocycles. The number of esters is 3. The zero-order chi connectivity index (χ0) is 66.6. The molecule has 0 spiro atoms. The first kappa shape index (κ1) is 63.6. The van der Waals surface area contributed by atoms with Gasteiger partial charge in [0.2, 0.25) is 23.1 Å². The minimum atomic E-state index is -6.03. The van der Waals surface area contributed by atoms with Crippen molar-refractivity contribution in [1.29, 1.82) is 0 Å². The quantitative estimate of drug-likeness (QED) is 0.0134. The normalized spacial score (nSPS) is 13.5. The molecule has 0 aromatic heterocycles. The highest BCUT2D eigenvalue weighted by atomic mass is 16.7. The Morgan fingerprint density at radius 3 is 0.809 bits per heavy atom. The molecule has 34 nitrogen and oxygen atoms in total. The average molecular weight is 1240 g/mol. The van der Waals surface area contributed by atoms with Crippen molar-refractivity contribution in [2.24, 2.45) is 0 Å². The van der Waals surface area contributed by atoms with Crippen LogP contribution in [-0.4, -0.2) is 194 Å². The standard InChI is InChI=1S/C55H40O34/c56-15-37(71)53(46(80)17-3-25(59)40(74)26(60)4-17,87-50(84)20-9-31(65)43(77)32(66)10-20)55(48(82)19-7-29(63)42(76)30(64)8-19,89-52(86)22-13-35(69)45(79)36(70)14-22)54(47(81)18-5-27(61)41(75)28(62)6-18,88-51(85)21-11-33(67)44(78)34(68)12-21)49(83)38(72)16-1-23(57)39(73)24(58)2-16/h1-14,37,56-71,73-79H,15H2/t37-,53-,54+,55+/m1/s1. The third-order valence-corrected chi connectivity index (χ3v) is 13.2. The maximum Gasteiger partial charge on any atom is 0.340 e. The summed E-state index contributed by atoms with van der Waals surface area (Å²) in [4.78, 5) is 129. The maximum atomic E-state index is 17.1. The van der Waals surface area contributed by atoms with Crippen molar-refractivity contribution in [2.75, 3.05) is 6.61 Å². The number of carbonyl (C=O) groups excluding carboxylic acids is 8. The van der Waals surface area contributed by atoms with Crippen LogP contribution < -0.4 is 0 Å². The number of benzene rings is 7. The third-order valence-electron chi connectivity index (χ3n) is 13.2. The molecular weight excluding hydrogens is 1200 g/mol. The predicted molar refractivity (Wildman–Crippen MR) is 280 cm³/mol. The molecule has 7 rings (SSSR count). The highest BCUT2D eigenvalue weighted by molar-refractivity contribution is 6.53. The van der Waals surface area contributed by atoms with Crippen LogP contribution in [0.15, 0.2) is 84.9 Å². The number of phenols is 21. The van der Waals surface area contributed by atoms with E-state index in [0.717, 1.165) is 0 Å². The Morgan fingerprint density at radius 2 is 0.528 bits per heavy atom. The van der Waals surface area contributed by atoms with Crippen LogP contribution in [0.4, 0.5) is 0 Å². The summed E-state index contributed by atoms with van der Waals surface area (Å²) in [5.41, 5.74) is -29.9. The number of hydrogen-bond donors (Lipinski definition) is 23. The second kappa shape index (κ2) is 22.9. The molecule has 0 fully saturated rings. The van der Waals surface area contributed by atoms with Crippen molar-refractivity contribution in [3.8, 4) is 121 Å². The number of phenolic OH excluding ortho intramolecular Hbond substituents is 21. The summed E-state index contributed by atoms with van der Waals surface area (Å²) < 4.78 is 17.0. The lowest BCUT2D eigenvalue weighted by molar-refractivity contribution is -0.213. The molecule has 34 heteroatoms. The van der Waals surface area contributed by atoms with Crippen LogP contribution in [0.25, 0.3) is 0 Å². The van der Waals surface area contributed by atoms with Crippen LogP contribution >= 0.6 is 0 Å². The molecule has 7 aromatic rings. The number of carbonyl (C=O) groups is 8. The summed E-state index contributed by atoms with van der Waals surface area (Å²) in [6.45, 7) is -2.54. The molecule has 23 N–H and O–H groups in total. The van der Waals surface area contributed by atoms with E-state index in [0.29, 0.717) is 0 Å². The third kappa shape index (κ3) is 10.4. The van der Waals surface area contributed by atoms with Gasteiger partial charge in [0.25, 0.3) is 22.6 Å². The first-order chi connectivity index (χ1) is 41.4. The topological polar surface area (TPSA) is 630 Å². The Morgan fingerprint density at radius 1 is 0.303 bits per heavy atom. The van der Waals surface area contributed by atoms with Gasteiger partial charge >= 0.3 is 17.9 Å². The molecule has 0 saturated heterocycles. The molecule has 0 aliphatic heterocycles. The summed E-state index contributed by atoms with van der Waals surface area (Å²) in [7, 11) is 0. The van der Waals surface area contributed by atoms with E-state index in [9.17, 15) is 117 Å². The summed E-state index contributed by atoms with van der Waals surface area (Å²) in [5.74, 6) is -58.5. The number of aliphatic hydroxyl groups excluding tert-OH is 2. The minimum absolute atomic E-state index is 0.00745. The first-order valence-corrected chi connectivity index (χ1v) is 23.9. The van der Waals surface area contributed by atoms with Crippen LogP contribution in [0.5, 0.6) is 121 Å². The van der Waals surface area contributed by atoms with E-state index in [1.165, 1.54) is 0 Å². The van der Waals surface area contributed by atoms with Gasteiger partial charge in [0, 0.05) is 22.3 Å². The number of aliphatic hydroxyl groups is 2. The zero-order valence-electron chi connectivity index (χ0n) is 43.6. The number of ether oxygens (including phenoxy) is 3. The summed E-state index contributed by atoms with van der Waals surface area (Å²) in [6, 6.07) is -0.753. The summed E-state index contributed by atoms with van der Waals surface area (Å²) >= 11 is 0. The number of Topliss-reactive ketones (excluding diaryl/α,β-unsaturated/α-hetero) is 5. The van der Waals surface area contributed by atoms with E-state index in [1.54, 1.807) is 0 Å². The average Bonchev–Trinajstić information content (AvgIpc) is 0.913. The van der Waals surface area contributed by atoms with Crippen molar-refractivity contribution in [2.45, 2.75) is 22.9 Å². The lowest BCUT2D eigenvalue weighted by Crippen LogP contribution is -2.85. The number of ketones is 5. The number of rotatable bonds is 19. The zero-order valence-corrected chi connectivity index (χ0v) is 43.6. The highest BCUT2D eigenvalue weighted by Gasteiger charge is 2.85. The molecule has 0 aliphatic carbocycles. The van der Waals surface area contributed by atoms with Crippen molar-refractivity contribution >= 4 is 46.8 Å². The number of hydrogen-bond acceptors (Lipinski definition) is 34. The molecule has 0 bridgehead atoms. The maximum absolute atomic E-state index is 17.1. The molecule has 0 heterocycles. The van der Waals surface area contributed by atoms with Crippen molar-refractivity contribution < 1.29 is 170 Å². The van der Waals surface area contributed by atoms with Crippen molar-refractivity contribution in [1.82, 2.24) is 0 Å². The Balaban J connectivity index is 1.96. The van der Waals surface area contributed by atoms with Crippen LogP contribution in [0.1, 0.15) is 72.5 Å². The Kier molecular flexibility index (Phi) is 16.4. The van der Waals surface area contributed by atoms with Crippen LogP contribution in [0.2, 0.25) is 0 Å². The second-order valence-electron chi connectivity index (χ2n) is 18.7. The highest BCUT2D eigenvalue weighted by Crippen LogP contribution is 2.55. The van der Waals surface area contributed by atoms with E-state index < -0.39 is 236 Å². The summed E-state index contributed by atoms with van der Waals surface area (Å²) in [5, 5.41) is 249. The van der Waals surface area contributed by atoms with Gasteiger partial charge in [-0.3, -0.25) is 24.0 Å². The van der Waals surface area contributed by atoms with Gasteiger partial charge in [0.1, 0.15) is 6.10 Å². The molecule has 0 radical (unpaired) electrons. The van der Waals surface area contributed by atoms with Crippen LogP contribution in [0, 0.1) is 0 Å². The van der Waals surface area contributed by atoms with Crippen LogP contribution in [0.3, 0.4) is 0 Å². The first-order valence-electron chi connectivity index (χ1n) is 23.9. The second-order valence-corrected chi connectivity index (χ2v) is 18.7. The van der Waals surface area contributed by atoms with E-state index in [4.69, 9.17) is 14.2 Å². The van der Waals surface area contributed by atoms with Crippen LogP contribution in [-0.2, 0) is 19.0 Å². The fraction of sp³-hybridized carbons (Fsp3) is 0.0909. The lowest BCUT2D eigenvalue weighted by Gasteiger charge is -2.54. The Bertz CT molecular complexity index is 4060. The molecule has 0 aliphatic rings. The summed E-state index contributed by atoms with van der Waals surface area (Å²) in [6.07, 6.45) is -4.15. The molecule has 464 valence electrons. The van der Waals surface area contributed by atoms with Gasteiger partial charge in [-0.25, -0.2) is 14.4 Å². The molecule has 89 heavy (non-hydrogen) atoms. The van der Waals surface area contributed by atoms with E-state index >= 15 is 38.4 Å². The van der Waals surface area contributed by atoms with E-state index in [2.05, 4.69) is 0 Å². The largest absolute Gasteiger partial charge is 0.504 e. The van der Waals surface area contributed by atoms with Gasteiger partial charge in [0.15, 0.2) is 121 Å². The van der Waals surface area contributed by atoms with E-state index in [-0.39, 0.29) is 84.9 Å². The number of aromatic hydroxyl groups is 21. The SMILES string of the molecule is O=C(O[C@](C(=O)C(=O)c1cc(O)c(O)c(O)c1)(C(=O)c1cc(O)c(O)c(O)c1)[C@](OC(=O)c1cc(O)c(O)c(O)c1)(C(=O)c1cc(O)c(O)c(O)c1)[C@](OC(=O)c1cc(O)c(O)c(O)c1)(C(=O)c1cc(O)c(O)c(O)c1)[C@H](O)CO)c1cc(O)c(O)c(O)c1. The van der Waals surface area contributed by atoms with Gasteiger partial charge in [-0.15, -0.1) is 0 Å². The molecule has 4 atom stereocenters. The van der Waals surface area contributed by atoms with Crippen molar-refractivity contribution in [3.63, 3.8) is 0 Å². The predicted octanol–water partition coefficient (Wildman–Crippen LogP) is 1.05. The molecule has 0 saturated carbocycles. The van der Waals surface area contributed by atoms with Gasteiger partial charge in [0.05, 0.1) is 23.3 Å². The fourth-order valence-corrected chi connectivity index (χ4v) is 8.85. The fourth-order valence-electron chi connectivity index (χ4n) is 8.85. The molecule has 0 amide bonds. The smallest absolute Gasteiger partial charge is 0.340 e. The minimum Gasteiger partial charge on any atom is -0.504 e. The lowest BCUT2D eigenvalue weighted by atomic mass is 9.57. The molecular formula is C55H40O34. The van der Waals surface area contributed by atoms with Gasteiger partial charge < -0.3 is 132 Å². The molecule has 0 unspecified atom stereocenters. The Labute approximate surface area is 489 Å². The van der Waals surface area contributed by atoms with Gasteiger partial charge in [-0.2, -0.15) is 0 Å². The van der Waals surface area contributed by atoms with Crippen molar-refractivity contribution in [3.05, 3.63) is 124 Å². The van der Waals surface area contributed by atoms with Gasteiger partial charge in [-0.1, -0.05) is 0 Å².